The second-order valence-electron chi connectivity index (χ2n) is 6.04. The monoisotopic (exact) mass is 404 g/mol. The molecule has 3 aromatic rings. The number of sulfonamides is 1. The summed E-state index contributed by atoms with van der Waals surface area (Å²) >= 11 is 1.53. The molecule has 0 bridgehead atoms. The summed E-state index contributed by atoms with van der Waals surface area (Å²) in [6.07, 6.45) is 0. The van der Waals surface area contributed by atoms with Crippen LogP contribution in [0, 0.1) is 6.92 Å². The molecule has 27 heavy (non-hydrogen) atoms. The van der Waals surface area contributed by atoms with Crippen LogP contribution in [-0.4, -0.2) is 41.9 Å². The van der Waals surface area contributed by atoms with Crippen molar-refractivity contribution in [3.63, 3.8) is 0 Å². The summed E-state index contributed by atoms with van der Waals surface area (Å²) in [5.74, 6) is -1.12. The first-order valence-electron chi connectivity index (χ1n) is 8.53. The third kappa shape index (κ3) is 3.60. The standard InChI is InChI=1S/C19H20N2O4S2/c1-4-21(5-2)27(24,25)13-7-8-16-14(10-13)15(19(22)23)11-17(20-16)18-9-6-12(3)26-18/h6-11H,4-5H2,1-3H3,(H,22,23). The Morgan fingerprint density at radius 1 is 1.15 bits per heavy atom. The van der Waals surface area contributed by atoms with Crippen LogP contribution in [0.4, 0.5) is 0 Å². The zero-order valence-corrected chi connectivity index (χ0v) is 16.9. The molecule has 142 valence electrons. The van der Waals surface area contributed by atoms with Crippen molar-refractivity contribution in [1.82, 2.24) is 9.29 Å². The maximum Gasteiger partial charge on any atom is 0.336 e. The van der Waals surface area contributed by atoms with Gasteiger partial charge in [0.1, 0.15) is 0 Å². The van der Waals surface area contributed by atoms with E-state index in [2.05, 4.69) is 4.98 Å². The van der Waals surface area contributed by atoms with Crippen LogP contribution in [-0.2, 0) is 10.0 Å². The first-order chi connectivity index (χ1) is 12.8. The molecule has 0 aliphatic rings. The normalized spacial score (nSPS) is 12.0. The van der Waals surface area contributed by atoms with Crippen molar-refractivity contribution in [2.75, 3.05) is 13.1 Å². The third-order valence-electron chi connectivity index (χ3n) is 4.35. The van der Waals surface area contributed by atoms with Crippen LogP contribution in [0.3, 0.4) is 0 Å². The summed E-state index contributed by atoms with van der Waals surface area (Å²) < 4.78 is 26.9. The number of hydrogen-bond donors (Lipinski definition) is 1. The first-order valence-corrected chi connectivity index (χ1v) is 10.8. The highest BCUT2D eigenvalue weighted by Gasteiger charge is 2.23. The summed E-state index contributed by atoms with van der Waals surface area (Å²) in [7, 11) is -3.68. The lowest BCUT2D eigenvalue weighted by atomic mass is 10.1. The molecular formula is C19H20N2O4S2. The number of thiophene rings is 1. The van der Waals surface area contributed by atoms with Gasteiger partial charge in [-0.05, 0) is 43.3 Å². The topological polar surface area (TPSA) is 87.6 Å². The molecule has 0 fully saturated rings. The molecule has 1 aromatic carbocycles. The summed E-state index contributed by atoms with van der Waals surface area (Å²) in [5.41, 5.74) is 1.06. The fourth-order valence-electron chi connectivity index (χ4n) is 2.95. The van der Waals surface area contributed by atoms with Gasteiger partial charge in [-0.1, -0.05) is 13.8 Å². The van der Waals surface area contributed by atoms with Gasteiger partial charge in [0.2, 0.25) is 10.0 Å². The molecule has 0 saturated carbocycles. The Balaban J connectivity index is 2.22. The molecule has 0 aliphatic carbocycles. The van der Waals surface area contributed by atoms with E-state index in [4.69, 9.17) is 0 Å². The largest absolute Gasteiger partial charge is 0.478 e. The van der Waals surface area contributed by atoms with Crippen LogP contribution in [0.15, 0.2) is 41.3 Å². The lowest BCUT2D eigenvalue weighted by Gasteiger charge is -2.18. The van der Waals surface area contributed by atoms with Crippen LogP contribution in [0.2, 0.25) is 0 Å². The number of nitrogens with zero attached hydrogens (tertiary/aromatic N) is 2. The van der Waals surface area contributed by atoms with Crippen LogP contribution in [0.1, 0.15) is 29.1 Å². The number of aromatic nitrogens is 1. The predicted molar refractivity (Wildman–Crippen MR) is 107 cm³/mol. The number of hydrogen-bond acceptors (Lipinski definition) is 5. The van der Waals surface area contributed by atoms with E-state index in [1.165, 1.54) is 33.8 Å². The van der Waals surface area contributed by atoms with Gasteiger partial charge >= 0.3 is 5.97 Å². The fraction of sp³-hybridized carbons (Fsp3) is 0.263. The Morgan fingerprint density at radius 3 is 2.41 bits per heavy atom. The molecule has 0 atom stereocenters. The number of rotatable bonds is 6. The van der Waals surface area contributed by atoms with Crippen molar-refractivity contribution in [1.29, 1.82) is 0 Å². The van der Waals surface area contributed by atoms with Gasteiger partial charge in [-0.2, -0.15) is 4.31 Å². The highest BCUT2D eigenvalue weighted by atomic mass is 32.2. The Morgan fingerprint density at radius 2 is 1.85 bits per heavy atom. The molecule has 0 spiro atoms. The van der Waals surface area contributed by atoms with E-state index >= 15 is 0 Å². The molecule has 6 nitrogen and oxygen atoms in total. The Hall–Kier alpha value is -2.29. The summed E-state index contributed by atoms with van der Waals surface area (Å²) in [4.78, 5) is 18.4. The average molecular weight is 405 g/mol. The molecule has 3 rings (SSSR count). The maximum atomic E-state index is 12.8. The second-order valence-corrected chi connectivity index (χ2v) is 9.26. The highest BCUT2D eigenvalue weighted by Crippen LogP contribution is 2.31. The smallest absolute Gasteiger partial charge is 0.336 e. The van der Waals surface area contributed by atoms with E-state index in [-0.39, 0.29) is 10.5 Å². The van der Waals surface area contributed by atoms with Crippen LogP contribution in [0.5, 0.6) is 0 Å². The molecule has 0 saturated heterocycles. The summed E-state index contributed by atoms with van der Waals surface area (Å²) in [6.45, 7) is 6.19. The Labute approximate surface area is 162 Å². The molecule has 0 unspecified atom stereocenters. The third-order valence-corrected chi connectivity index (χ3v) is 7.42. The fourth-order valence-corrected chi connectivity index (χ4v) is 5.27. The SMILES string of the molecule is CCN(CC)S(=O)(=O)c1ccc2nc(-c3ccc(C)s3)cc(C(=O)O)c2c1. The lowest BCUT2D eigenvalue weighted by molar-refractivity contribution is 0.0699. The molecule has 0 aliphatic heterocycles. The number of benzene rings is 1. The number of fused-ring (bicyclic) bond motifs is 1. The quantitative estimate of drug-likeness (QED) is 0.671. The van der Waals surface area contributed by atoms with Crippen molar-refractivity contribution in [2.45, 2.75) is 25.7 Å². The average Bonchev–Trinajstić information content (AvgIpc) is 3.07. The minimum atomic E-state index is -3.68. The van der Waals surface area contributed by atoms with Crippen molar-refractivity contribution < 1.29 is 18.3 Å². The van der Waals surface area contributed by atoms with Crippen molar-refractivity contribution in [2.24, 2.45) is 0 Å². The van der Waals surface area contributed by atoms with E-state index in [0.29, 0.717) is 29.7 Å². The van der Waals surface area contributed by atoms with Crippen LogP contribution < -0.4 is 0 Å². The van der Waals surface area contributed by atoms with Crippen LogP contribution >= 0.6 is 11.3 Å². The number of aromatic carboxylic acids is 1. The summed E-state index contributed by atoms with van der Waals surface area (Å²) in [5, 5.41) is 9.98. The van der Waals surface area contributed by atoms with E-state index in [9.17, 15) is 18.3 Å². The molecule has 0 radical (unpaired) electrons. The van der Waals surface area contributed by atoms with Gasteiger partial charge in [0.25, 0.3) is 0 Å². The van der Waals surface area contributed by atoms with E-state index in [1.54, 1.807) is 19.9 Å². The van der Waals surface area contributed by atoms with E-state index in [1.807, 2.05) is 19.1 Å². The maximum absolute atomic E-state index is 12.8. The van der Waals surface area contributed by atoms with Crippen molar-refractivity contribution >= 4 is 38.2 Å². The highest BCUT2D eigenvalue weighted by molar-refractivity contribution is 7.89. The van der Waals surface area contributed by atoms with E-state index in [0.717, 1.165) is 9.75 Å². The minimum absolute atomic E-state index is 0.0395. The molecule has 2 aromatic heterocycles. The number of carboxylic acid groups (broad SMARTS) is 1. The van der Waals surface area contributed by atoms with Gasteiger partial charge in [0.05, 0.1) is 26.5 Å². The number of carboxylic acids is 1. The van der Waals surface area contributed by atoms with Crippen molar-refractivity contribution in [3.05, 3.63) is 46.8 Å². The number of pyridine rings is 1. The van der Waals surface area contributed by atoms with Gasteiger partial charge in [-0.25, -0.2) is 18.2 Å². The molecule has 8 heteroatoms. The Bertz CT molecular complexity index is 1120. The predicted octanol–water partition coefficient (Wildman–Crippen LogP) is 4.00. The first kappa shape index (κ1) is 19.5. The minimum Gasteiger partial charge on any atom is -0.478 e. The zero-order chi connectivity index (χ0) is 19.8. The van der Waals surface area contributed by atoms with Gasteiger partial charge in [-0.3, -0.25) is 0 Å². The van der Waals surface area contributed by atoms with Crippen LogP contribution in [0.25, 0.3) is 21.5 Å². The lowest BCUT2D eigenvalue weighted by Crippen LogP contribution is -2.30. The number of aryl methyl sites for hydroxylation is 1. The van der Waals surface area contributed by atoms with Gasteiger partial charge in [0.15, 0.2) is 0 Å². The van der Waals surface area contributed by atoms with E-state index < -0.39 is 16.0 Å². The molecular weight excluding hydrogens is 384 g/mol. The Kier molecular flexibility index (Phi) is 5.32. The summed E-state index contributed by atoms with van der Waals surface area (Å²) in [6, 6.07) is 9.82. The van der Waals surface area contributed by atoms with Gasteiger partial charge < -0.3 is 5.11 Å². The number of carbonyl (C=O) groups is 1. The van der Waals surface area contributed by atoms with Crippen molar-refractivity contribution in [3.8, 4) is 10.6 Å². The second kappa shape index (κ2) is 7.38. The zero-order valence-electron chi connectivity index (χ0n) is 15.3. The molecule has 1 N–H and O–H groups in total. The molecule has 0 amide bonds. The van der Waals surface area contributed by atoms with Gasteiger partial charge in [0, 0.05) is 23.4 Å². The van der Waals surface area contributed by atoms with Gasteiger partial charge in [-0.15, -0.1) is 11.3 Å². The molecule has 2 heterocycles.